The number of aromatic nitrogens is 2. The molecule has 0 unspecified atom stereocenters. The second-order valence-electron chi connectivity index (χ2n) is 6.33. The highest BCUT2D eigenvalue weighted by Crippen LogP contribution is 2.35. The molecule has 2 heterocycles. The van der Waals surface area contributed by atoms with Crippen molar-refractivity contribution in [2.75, 3.05) is 6.61 Å². The van der Waals surface area contributed by atoms with Gasteiger partial charge < -0.3 is 4.74 Å². The van der Waals surface area contributed by atoms with Gasteiger partial charge in [0.05, 0.1) is 18.3 Å². The van der Waals surface area contributed by atoms with Crippen LogP contribution in [0.5, 0.6) is 0 Å². The van der Waals surface area contributed by atoms with E-state index in [1.807, 2.05) is 6.92 Å². The average Bonchev–Trinajstić information content (AvgIpc) is 2.99. The lowest BCUT2D eigenvalue weighted by atomic mass is 10.0. The van der Waals surface area contributed by atoms with Crippen LogP contribution >= 0.6 is 11.3 Å². The van der Waals surface area contributed by atoms with Crippen LogP contribution in [0.1, 0.15) is 31.1 Å². The smallest absolute Gasteiger partial charge is 0.326 e. The van der Waals surface area contributed by atoms with E-state index in [0.717, 1.165) is 35.3 Å². The molecule has 27 heavy (non-hydrogen) atoms. The van der Waals surface area contributed by atoms with Crippen molar-refractivity contribution in [2.45, 2.75) is 39.7 Å². The summed E-state index contributed by atoms with van der Waals surface area (Å²) in [5.41, 5.74) is 1.19. The van der Waals surface area contributed by atoms with Crippen LogP contribution in [0.4, 0.5) is 4.39 Å². The third-order valence-corrected chi connectivity index (χ3v) is 5.31. The van der Waals surface area contributed by atoms with E-state index in [4.69, 9.17) is 4.74 Å². The number of aryl methyl sites for hydroxylation is 1. The van der Waals surface area contributed by atoms with E-state index >= 15 is 0 Å². The SMILES string of the molecule is CCCCCOC(=O)Cn1cnc2sc(C)c(-c3ccc(F)cc3)c2c1=O. The lowest BCUT2D eigenvalue weighted by Gasteiger charge is -2.07. The van der Waals surface area contributed by atoms with Gasteiger partial charge in [-0.1, -0.05) is 31.9 Å². The number of nitrogens with zero attached hydrogens (tertiary/aromatic N) is 2. The van der Waals surface area contributed by atoms with Gasteiger partial charge in [-0.15, -0.1) is 11.3 Å². The van der Waals surface area contributed by atoms with Crippen molar-refractivity contribution in [1.82, 2.24) is 9.55 Å². The van der Waals surface area contributed by atoms with E-state index in [1.165, 1.54) is 34.4 Å². The summed E-state index contributed by atoms with van der Waals surface area (Å²) in [6, 6.07) is 6.01. The molecular formula is C20H21FN2O3S. The number of benzene rings is 1. The third kappa shape index (κ3) is 4.24. The largest absolute Gasteiger partial charge is 0.464 e. The highest BCUT2D eigenvalue weighted by atomic mass is 32.1. The normalized spacial score (nSPS) is 11.1. The zero-order valence-electron chi connectivity index (χ0n) is 15.3. The fraction of sp³-hybridized carbons (Fsp3) is 0.350. The Hall–Kier alpha value is -2.54. The molecule has 0 atom stereocenters. The predicted octanol–water partition coefficient (Wildman–Crippen LogP) is 4.31. The minimum absolute atomic E-state index is 0.175. The van der Waals surface area contributed by atoms with Crippen molar-refractivity contribution in [1.29, 1.82) is 0 Å². The van der Waals surface area contributed by atoms with E-state index in [-0.39, 0.29) is 17.9 Å². The lowest BCUT2D eigenvalue weighted by Crippen LogP contribution is -2.25. The number of fused-ring (bicyclic) bond motifs is 1. The fourth-order valence-corrected chi connectivity index (χ4v) is 3.94. The Morgan fingerprint density at radius 3 is 2.70 bits per heavy atom. The van der Waals surface area contributed by atoms with E-state index in [0.29, 0.717) is 16.8 Å². The van der Waals surface area contributed by atoms with Gasteiger partial charge in [-0.25, -0.2) is 9.37 Å². The van der Waals surface area contributed by atoms with Gasteiger partial charge in [0.1, 0.15) is 17.2 Å². The number of hydrogen-bond donors (Lipinski definition) is 0. The van der Waals surface area contributed by atoms with Gasteiger partial charge in [-0.3, -0.25) is 14.2 Å². The molecule has 0 fully saturated rings. The summed E-state index contributed by atoms with van der Waals surface area (Å²) in [6.07, 6.45) is 4.23. The average molecular weight is 388 g/mol. The first-order valence-electron chi connectivity index (χ1n) is 8.91. The van der Waals surface area contributed by atoms with Gasteiger partial charge in [0.25, 0.3) is 5.56 Å². The highest BCUT2D eigenvalue weighted by molar-refractivity contribution is 7.19. The van der Waals surface area contributed by atoms with Crippen LogP contribution in [0.2, 0.25) is 0 Å². The Kier molecular flexibility index (Phi) is 6.01. The molecule has 0 radical (unpaired) electrons. The van der Waals surface area contributed by atoms with Crippen molar-refractivity contribution >= 4 is 27.5 Å². The number of esters is 1. The standard InChI is InChI=1S/C20H21FN2O3S/c1-3-4-5-10-26-16(24)11-23-12-22-19-18(20(23)25)17(13(2)27-19)14-6-8-15(21)9-7-14/h6-9,12H,3-5,10-11H2,1-2H3. The molecule has 0 amide bonds. The number of ether oxygens (including phenoxy) is 1. The molecule has 0 saturated heterocycles. The first kappa shape index (κ1) is 19.2. The molecule has 0 aliphatic rings. The van der Waals surface area contributed by atoms with E-state index in [2.05, 4.69) is 11.9 Å². The van der Waals surface area contributed by atoms with Crippen LogP contribution in [-0.2, 0) is 16.1 Å². The maximum Gasteiger partial charge on any atom is 0.326 e. The first-order chi connectivity index (χ1) is 13.0. The summed E-state index contributed by atoms with van der Waals surface area (Å²) < 4.78 is 19.7. The maximum absolute atomic E-state index is 13.3. The maximum atomic E-state index is 13.3. The van der Waals surface area contributed by atoms with Gasteiger partial charge in [0.2, 0.25) is 0 Å². The Morgan fingerprint density at radius 2 is 2.00 bits per heavy atom. The molecule has 0 bridgehead atoms. The van der Waals surface area contributed by atoms with Crippen LogP contribution in [0, 0.1) is 12.7 Å². The van der Waals surface area contributed by atoms with Gasteiger partial charge in [0, 0.05) is 10.4 Å². The van der Waals surface area contributed by atoms with Crippen LogP contribution in [0.25, 0.3) is 21.3 Å². The Balaban J connectivity index is 1.92. The fourth-order valence-electron chi connectivity index (χ4n) is 2.94. The van der Waals surface area contributed by atoms with Crippen LogP contribution < -0.4 is 5.56 Å². The molecule has 5 nitrogen and oxygen atoms in total. The summed E-state index contributed by atoms with van der Waals surface area (Å²) in [4.78, 5) is 30.8. The van der Waals surface area contributed by atoms with E-state index < -0.39 is 5.97 Å². The Bertz CT molecular complexity index is 1010. The number of thiophene rings is 1. The summed E-state index contributed by atoms with van der Waals surface area (Å²) in [7, 11) is 0. The third-order valence-electron chi connectivity index (χ3n) is 4.30. The van der Waals surface area contributed by atoms with E-state index in [1.54, 1.807) is 12.1 Å². The lowest BCUT2D eigenvalue weighted by molar-refractivity contribution is -0.144. The molecule has 3 aromatic rings. The number of hydrogen-bond acceptors (Lipinski definition) is 5. The number of halogens is 1. The summed E-state index contributed by atoms with van der Waals surface area (Å²) in [5.74, 6) is -0.790. The molecule has 142 valence electrons. The quantitative estimate of drug-likeness (QED) is 0.447. The number of carbonyl (C=O) groups is 1. The molecule has 0 spiro atoms. The van der Waals surface area contributed by atoms with Crippen LogP contribution in [-0.4, -0.2) is 22.1 Å². The van der Waals surface area contributed by atoms with Gasteiger partial charge >= 0.3 is 5.97 Å². The number of unbranched alkanes of at least 4 members (excludes halogenated alkanes) is 2. The topological polar surface area (TPSA) is 61.2 Å². The molecular weight excluding hydrogens is 367 g/mol. The molecule has 1 aromatic carbocycles. The monoisotopic (exact) mass is 388 g/mol. The summed E-state index contributed by atoms with van der Waals surface area (Å²) in [5, 5.41) is 0.449. The number of rotatable bonds is 7. The minimum atomic E-state index is -0.454. The van der Waals surface area contributed by atoms with Crippen molar-refractivity contribution in [3.05, 3.63) is 51.6 Å². The Morgan fingerprint density at radius 1 is 1.26 bits per heavy atom. The zero-order valence-corrected chi connectivity index (χ0v) is 16.1. The van der Waals surface area contributed by atoms with Crippen molar-refractivity contribution in [3.63, 3.8) is 0 Å². The van der Waals surface area contributed by atoms with Gasteiger partial charge in [0.15, 0.2) is 0 Å². The van der Waals surface area contributed by atoms with Crippen molar-refractivity contribution in [3.8, 4) is 11.1 Å². The van der Waals surface area contributed by atoms with Crippen LogP contribution in [0.15, 0.2) is 35.4 Å². The predicted molar refractivity (Wildman–Crippen MR) is 104 cm³/mol. The molecule has 3 rings (SSSR count). The first-order valence-corrected chi connectivity index (χ1v) is 9.73. The highest BCUT2D eigenvalue weighted by Gasteiger charge is 2.18. The molecule has 2 aromatic heterocycles. The minimum Gasteiger partial charge on any atom is -0.464 e. The molecule has 0 aliphatic heterocycles. The summed E-state index contributed by atoms with van der Waals surface area (Å²) >= 11 is 1.40. The van der Waals surface area contributed by atoms with Crippen molar-refractivity contribution in [2.24, 2.45) is 0 Å². The van der Waals surface area contributed by atoms with Crippen molar-refractivity contribution < 1.29 is 13.9 Å². The van der Waals surface area contributed by atoms with E-state index in [9.17, 15) is 14.0 Å². The zero-order chi connectivity index (χ0) is 19.4. The van der Waals surface area contributed by atoms with Crippen LogP contribution in [0.3, 0.4) is 0 Å². The molecule has 0 N–H and O–H groups in total. The Labute approximate surface area is 160 Å². The van der Waals surface area contributed by atoms with Gasteiger partial charge in [-0.2, -0.15) is 0 Å². The summed E-state index contributed by atoms with van der Waals surface area (Å²) in [6.45, 7) is 4.15. The molecule has 0 aliphatic carbocycles. The van der Waals surface area contributed by atoms with Gasteiger partial charge in [-0.05, 0) is 31.0 Å². The second kappa shape index (κ2) is 8.43. The molecule has 0 saturated carbocycles. The molecule has 7 heteroatoms. The number of carbonyl (C=O) groups excluding carboxylic acids is 1. The second-order valence-corrected chi connectivity index (χ2v) is 7.53.